The summed E-state index contributed by atoms with van der Waals surface area (Å²) in [7, 11) is 3.34. The molecule has 0 heterocycles. The van der Waals surface area contributed by atoms with Crippen LogP contribution < -0.4 is 5.32 Å². The molecule has 0 aliphatic rings. The average molecular weight is 203 g/mol. The van der Waals surface area contributed by atoms with Gasteiger partial charge in [0.15, 0.2) is 0 Å². The Kier molecular flexibility index (Phi) is 10.0. The molecule has 0 unspecified atom stereocenters. The molecular formula is C10H21NO3. The van der Waals surface area contributed by atoms with Crippen LogP contribution in [0.15, 0.2) is 0 Å². The van der Waals surface area contributed by atoms with Crippen molar-refractivity contribution in [3.8, 4) is 0 Å². The molecule has 0 aliphatic heterocycles. The van der Waals surface area contributed by atoms with Crippen LogP contribution in [0.4, 0.5) is 0 Å². The summed E-state index contributed by atoms with van der Waals surface area (Å²) >= 11 is 0. The predicted molar refractivity (Wildman–Crippen MR) is 55.2 cm³/mol. The van der Waals surface area contributed by atoms with Crippen LogP contribution in [0.5, 0.6) is 0 Å². The Labute approximate surface area is 86.0 Å². The quantitative estimate of drug-likeness (QED) is 0.568. The van der Waals surface area contributed by atoms with Crippen molar-refractivity contribution >= 4 is 5.91 Å². The van der Waals surface area contributed by atoms with E-state index >= 15 is 0 Å². The molecule has 0 spiro atoms. The number of carbonyl (C=O) groups excluding carboxylic acids is 1. The lowest BCUT2D eigenvalue weighted by Crippen LogP contribution is -2.17. The molecule has 84 valence electrons. The lowest BCUT2D eigenvalue weighted by atomic mass is 10.2. The van der Waals surface area contributed by atoms with Crippen LogP contribution >= 0.6 is 0 Å². The summed E-state index contributed by atoms with van der Waals surface area (Å²) in [5, 5.41) is 2.59. The molecule has 0 aromatic heterocycles. The van der Waals surface area contributed by atoms with Crippen LogP contribution in [0.3, 0.4) is 0 Å². The second kappa shape index (κ2) is 10.5. The summed E-state index contributed by atoms with van der Waals surface area (Å²) in [6.45, 7) is 2.23. The van der Waals surface area contributed by atoms with E-state index in [0.717, 1.165) is 39.1 Å². The zero-order valence-corrected chi connectivity index (χ0v) is 9.17. The van der Waals surface area contributed by atoms with Crippen LogP contribution in [0.2, 0.25) is 0 Å². The molecule has 0 bridgehead atoms. The highest BCUT2D eigenvalue weighted by Crippen LogP contribution is 1.96. The van der Waals surface area contributed by atoms with Gasteiger partial charge < -0.3 is 14.8 Å². The summed E-state index contributed by atoms with van der Waals surface area (Å²) in [5.41, 5.74) is 0. The topological polar surface area (TPSA) is 47.6 Å². The van der Waals surface area contributed by atoms with Crippen molar-refractivity contribution in [1.82, 2.24) is 5.32 Å². The number of unbranched alkanes of at least 4 members (excludes halogenated alkanes) is 1. The molecule has 0 aromatic rings. The summed E-state index contributed by atoms with van der Waals surface area (Å²) in [6, 6.07) is 0. The van der Waals surface area contributed by atoms with Crippen molar-refractivity contribution in [2.24, 2.45) is 0 Å². The molecule has 0 aromatic carbocycles. The zero-order chi connectivity index (χ0) is 10.6. The fourth-order valence-corrected chi connectivity index (χ4v) is 1.02. The fourth-order valence-electron chi connectivity index (χ4n) is 1.02. The Morgan fingerprint density at radius 1 is 1.14 bits per heavy atom. The van der Waals surface area contributed by atoms with E-state index in [1.54, 1.807) is 14.2 Å². The lowest BCUT2D eigenvalue weighted by Gasteiger charge is -2.03. The molecular weight excluding hydrogens is 182 g/mol. The Hall–Kier alpha value is -0.610. The van der Waals surface area contributed by atoms with Crippen molar-refractivity contribution in [3.05, 3.63) is 0 Å². The number of nitrogens with one attached hydrogen (secondary N) is 1. The standard InChI is InChI=1S/C10H21NO3/c1-11-10(12)6-3-4-8-14-9-5-7-13-2/h3-9H2,1-2H3,(H,11,12). The molecule has 4 heteroatoms. The second-order valence-corrected chi connectivity index (χ2v) is 3.09. The Morgan fingerprint density at radius 3 is 2.50 bits per heavy atom. The van der Waals surface area contributed by atoms with Gasteiger partial charge in [-0.05, 0) is 19.3 Å². The molecule has 0 atom stereocenters. The molecule has 0 saturated carbocycles. The first-order valence-electron chi connectivity index (χ1n) is 5.08. The molecule has 0 aliphatic carbocycles. The Morgan fingerprint density at radius 2 is 1.86 bits per heavy atom. The third-order valence-electron chi connectivity index (χ3n) is 1.86. The van der Waals surface area contributed by atoms with Crippen molar-refractivity contribution < 1.29 is 14.3 Å². The highest BCUT2D eigenvalue weighted by molar-refractivity contribution is 5.75. The van der Waals surface area contributed by atoms with E-state index in [-0.39, 0.29) is 5.91 Å². The minimum absolute atomic E-state index is 0.101. The van der Waals surface area contributed by atoms with Crippen molar-refractivity contribution in [2.45, 2.75) is 25.7 Å². The van der Waals surface area contributed by atoms with Crippen LogP contribution in [0.1, 0.15) is 25.7 Å². The van der Waals surface area contributed by atoms with Crippen molar-refractivity contribution in [2.75, 3.05) is 34.0 Å². The van der Waals surface area contributed by atoms with E-state index in [1.165, 1.54) is 0 Å². The van der Waals surface area contributed by atoms with E-state index < -0.39 is 0 Å². The van der Waals surface area contributed by atoms with Gasteiger partial charge in [-0.3, -0.25) is 4.79 Å². The lowest BCUT2D eigenvalue weighted by molar-refractivity contribution is -0.120. The highest BCUT2D eigenvalue weighted by Gasteiger charge is 1.96. The number of carbonyl (C=O) groups is 1. The normalized spacial score (nSPS) is 10.1. The SMILES string of the molecule is CNC(=O)CCCCOCCCOC. The van der Waals surface area contributed by atoms with Gasteiger partial charge in [0.2, 0.25) is 5.91 Å². The zero-order valence-electron chi connectivity index (χ0n) is 9.17. The van der Waals surface area contributed by atoms with E-state index in [0.29, 0.717) is 6.42 Å². The van der Waals surface area contributed by atoms with Crippen molar-refractivity contribution in [3.63, 3.8) is 0 Å². The first-order chi connectivity index (χ1) is 6.81. The van der Waals surface area contributed by atoms with Gasteiger partial charge >= 0.3 is 0 Å². The number of hydrogen-bond acceptors (Lipinski definition) is 3. The van der Waals surface area contributed by atoms with Crippen LogP contribution in [-0.4, -0.2) is 39.9 Å². The van der Waals surface area contributed by atoms with Crippen molar-refractivity contribution in [1.29, 1.82) is 0 Å². The van der Waals surface area contributed by atoms with Gasteiger partial charge in [-0.25, -0.2) is 0 Å². The van der Waals surface area contributed by atoms with Crippen LogP contribution in [0, 0.1) is 0 Å². The van der Waals surface area contributed by atoms with Gasteiger partial charge in [0.05, 0.1) is 0 Å². The monoisotopic (exact) mass is 203 g/mol. The van der Waals surface area contributed by atoms with Crippen LogP contribution in [-0.2, 0) is 14.3 Å². The summed E-state index contributed by atoms with van der Waals surface area (Å²) in [6.07, 6.45) is 3.37. The number of rotatable bonds is 9. The molecule has 14 heavy (non-hydrogen) atoms. The number of amides is 1. The third-order valence-corrected chi connectivity index (χ3v) is 1.86. The van der Waals surface area contributed by atoms with Gasteiger partial charge in [-0.2, -0.15) is 0 Å². The maximum Gasteiger partial charge on any atom is 0.219 e. The van der Waals surface area contributed by atoms with Crippen LogP contribution in [0.25, 0.3) is 0 Å². The molecule has 0 fully saturated rings. The van der Waals surface area contributed by atoms with E-state index in [1.807, 2.05) is 0 Å². The summed E-state index contributed by atoms with van der Waals surface area (Å²) < 4.78 is 10.2. The summed E-state index contributed by atoms with van der Waals surface area (Å²) in [5.74, 6) is 0.101. The predicted octanol–water partition coefficient (Wildman–Crippen LogP) is 0.956. The number of methoxy groups -OCH3 is 1. The molecule has 0 saturated heterocycles. The Balaban J connectivity index is 2.95. The van der Waals surface area contributed by atoms with E-state index in [9.17, 15) is 4.79 Å². The fraction of sp³-hybridized carbons (Fsp3) is 0.900. The van der Waals surface area contributed by atoms with Gasteiger partial charge in [-0.15, -0.1) is 0 Å². The largest absolute Gasteiger partial charge is 0.385 e. The first kappa shape index (κ1) is 13.4. The maximum atomic E-state index is 10.8. The molecule has 1 amide bonds. The van der Waals surface area contributed by atoms with Gasteiger partial charge in [0, 0.05) is 40.4 Å². The van der Waals surface area contributed by atoms with E-state index in [4.69, 9.17) is 9.47 Å². The maximum absolute atomic E-state index is 10.8. The van der Waals surface area contributed by atoms with Gasteiger partial charge in [0.25, 0.3) is 0 Å². The molecule has 4 nitrogen and oxygen atoms in total. The minimum Gasteiger partial charge on any atom is -0.385 e. The Bertz CT molecular complexity index is 139. The molecule has 1 N–H and O–H groups in total. The van der Waals surface area contributed by atoms with Gasteiger partial charge in [-0.1, -0.05) is 0 Å². The molecule has 0 radical (unpaired) electrons. The highest BCUT2D eigenvalue weighted by atomic mass is 16.5. The number of ether oxygens (including phenoxy) is 2. The first-order valence-corrected chi connectivity index (χ1v) is 5.08. The second-order valence-electron chi connectivity index (χ2n) is 3.09. The smallest absolute Gasteiger partial charge is 0.219 e. The molecule has 0 rings (SSSR count). The minimum atomic E-state index is 0.101. The average Bonchev–Trinajstić information content (AvgIpc) is 2.21. The third kappa shape index (κ3) is 9.48. The number of hydrogen-bond donors (Lipinski definition) is 1. The summed E-state index contributed by atoms with van der Waals surface area (Å²) in [4.78, 5) is 10.8. The van der Waals surface area contributed by atoms with E-state index in [2.05, 4.69) is 5.32 Å². The van der Waals surface area contributed by atoms with Gasteiger partial charge in [0.1, 0.15) is 0 Å².